The molecular formula is C26H27Cl3F2N2O2. The van der Waals surface area contributed by atoms with Crippen LogP contribution >= 0.6 is 34.8 Å². The van der Waals surface area contributed by atoms with Gasteiger partial charge < -0.3 is 9.80 Å². The van der Waals surface area contributed by atoms with Crippen LogP contribution in [0.3, 0.4) is 0 Å². The number of hydrogen-bond acceptors (Lipinski definition) is 2. The molecule has 2 aromatic carbocycles. The van der Waals surface area contributed by atoms with Gasteiger partial charge in [0, 0.05) is 61.4 Å². The lowest BCUT2D eigenvalue weighted by Gasteiger charge is -2.44. The summed E-state index contributed by atoms with van der Waals surface area (Å²) >= 11 is 18.4. The highest BCUT2D eigenvalue weighted by molar-refractivity contribution is 6.42. The van der Waals surface area contributed by atoms with Crippen molar-refractivity contribution in [2.45, 2.75) is 50.0 Å². The van der Waals surface area contributed by atoms with E-state index in [1.807, 2.05) is 6.07 Å². The zero-order chi connectivity index (χ0) is 25.3. The van der Waals surface area contributed by atoms with Gasteiger partial charge >= 0.3 is 0 Å². The van der Waals surface area contributed by atoms with Gasteiger partial charge in [0.25, 0.3) is 5.91 Å². The Bertz CT molecular complexity index is 1090. The summed E-state index contributed by atoms with van der Waals surface area (Å²) in [5.74, 6) is -3.53. The number of amides is 2. The highest BCUT2D eigenvalue weighted by Crippen LogP contribution is 2.39. The minimum atomic E-state index is -2.68. The molecule has 1 heterocycles. The van der Waals surface area contributed by atoms with Crippen molar-refractivity contribution in [2.24, 2.45) is 5.92 Å². The number of benzene rings is 2. The Balaban J connectivity index is 1.57. The molecule has 1 saturated heterocycles. The van der Waals surface area contributed by atoms with Crippen LogP contribution in [0, 0.1) is 5.92 Å². The molecule has 1 saturated carbocycles. The van der Waals surface area contributed by atoms with Crippen LogP contribution in [-0.2, 0) is 4.79 Å². The van der Waals surface area contributed by atoms with Gasteiger partial charge in [-0.3, -0.25) is 9.59 Å². The molecule has 9 heteroatoms. The van der Waals surface area contributed by atoms with Gasteiger partial charge in [0.2, 0.25) is 11.8 Å². The van der Waals surface area contributed by atoms with Gasteiger partial charge in [-0.2, -0.15) is 0 Å². The molecule has 188 valence electrons. The molecule has 4 rings (SSSR count). The Kier molecular flexibility index (Phi) is 7.94. The first-order valence-corrected chi connectivity index (χ1v) is 12.8. The standard InChI is InChI=1S/C26H27Cl3F2N2O2/c1-32(24(34)16-2-5-19(27)6-3-16)23-10-13-33(25(35)17-8-11-26(30,31)12-9-17)15-20(23)18-4-7-21(28)22(29)14-18/h2-7,14,17,20,23H,8-13,15H2,1H3/t20-,23+/m0/s1. The molecule has 0 radical (unpaired) electrons. The first kappa shape index (κ1) is 26.2. The van der Waals surface area contributed by atoms with Crippen molar-refractivity contribution in [1.82, 2.24) is 9.80 Å². The van der Waals surface area contributed by atoms with Gasteiger partial charge in [0.1, 0.15) is 0 Å². The fourth-order valence-corrected chi connectivity index (χ4v) is 5.60. The Morgan fingerprint density at radius 3 is 2.26 bits per heavy atom. The van der Waals surface area contributed by atoms with E-state index in [-0.39, 0.29) is 49.5 Å². The van der Waals surface area contributed by atoms with Gasteiger partial charge in [0.05, 0.1) is 10.0 Å². The molecule has 0 aromatic heterocycles. The highest BCUT2D eigenvalue weighted by Gasteiger charge is 2.42. The molecule has 35 heavy (non-hydrogen) atoms. The van der Waals surface area contributed by atoms with Crippen LogP contribution in [0.5, 0.6) is 0 Å². The highest BCUT2D eigenvalue weighted by atomic mass is 35.5. The number of hydrogen-bond donors (Lipinski definition) is 0. The summed E-state index contributed by atoms with van der Waals surface area (Å²) in [6.07, 6.45) is 0.425. The Morgan fingerprint density at radius 2 is 1.63 bits per heavy atom. The molecular weight excluding hydrogens is 517 g/mol. The van der Waals surface area contributed by atoms with Crippen molar-refractivity contribution >= 4 is 46.6 Å². The maximum atomic E-state index is 13.6. The summed E-state index contributed by atoms with van der Waals surface area (Å²) < 4.78 is 27.2. The van der Waals surface area contributed by atoms with Crippen molar-refractivity contribution in [1.29, 1.82) is 0 Å². The third-order valence-corrected chi connectivity index (χ3v) is 8.23. The van der Waals surface area contributed by atoms with Crippen molar-refractivity contribution in [2.75, 3.05) is 20.1 Å². The van der Waals surface area contributed by atoms with E-state index in [4.69, 9.17) is 34.8 Å². The smallest absolute Gasteiger partial charge is 0.253 e. The lowest BCUT2D eigenvalue weighted by molar-refractivity contribution is -0.141. The lowest BCUT2D eigenvalue weighted by atomic mass is 9.82. The van der Waals surface area contributed by atoms with Gasteiger partial charge in [-0.1, -0.05) is 40.9 Å². The number of halogens is 5. The van der Waals surface area contributed by atoms with Gasteiger partial charge in [-0.05, 0) is 61.2 Å². The quantitative estimate of drug-likeness (QED) is 0.420. The van der Waals surface area contributed by atoms with Crippen LogP contribution in [-0.4, -0.2) is 53.7 Å². The monoisotopic (exact) mass is 542 g/mol. The number of carbonyl (C=O) groups excluding carboxylic acids is 2. The van der Waals surface area contributed by atoms with Crippen molar-refractivity contribution in [3.05, 3.63) is 68.7 Å². The largest absolute Gasteiger partial charge is 0.342 e. The summed E-state index contributed by atoms with van der Waals surface area (Å²) in [5.41, 5.74) is 1.39. The molecule has 0 N–H and O–H groups in total. The zero-order valence-electron chi connectivity index (χ0n) is 19.3. The van der Waals surface area contributed by atoms with E-state index in [0.29, 0.717) is 40.1 Å². The van der Waals surface area contributed by atoms with Crippen LogP contribution in [0.4, 0.5) is 8.78 Å². The number of carbonyl (C=O) groups is 2. The molecule has 0 unspecified atom stereocenters. The lowest BCUT2D eigenvalue weighted by Crippen LogP contribution is -2.53. The summed E-state index contributed by atoms with van der Waals surface area (Å²) in [4.78, 5) is 30.0. The minimum Gasteiger partial charge on any atom is -0.342 e. The van der Waals surface area contributed by atoms with Gasteiger partial charge in [-0.25, -0.2) is 8.78 Å². The van der Waals surface area contributed by atoms with Crippen LogP contribution in [0.2, 0.25) is 15.1 Å². The number of alkyl halides is 2. The summed E-state index contributed by atoms with van der Waals surface area (Å²) in [6, 6.07) is 11.9. The van der Waals surface area contributed by atoms with E-state index < -0.39 is 11.8 Å². The summed E-state index contributed by atoms with van der Waals surface area (Å²) in [7, 11) is 1.76. The second kappa shape index (κ2) is 10.6. The molecule has 0 spiro atoms. The van der Waals surface area contributed by atoms with Gasteiger partial charge in [0.15, 0.2) is 0 Å². The maximum Gasteiger partial charge on any atom is 0.253 e. The Morgan fingerprint density at radius 1 is 0.971 bits per heavy atom. The third-order valence-electron chi connectivity index (χ3n) is 7.24. The predicted molar refractivity (Wildman–Crippen MR) is 135 cm³/mol. The second-order valence-electron chi connectivity index (χ2n) is 9.47. The predicted octanol–water partition coefficient (Wildman–Crippen LogP) is 6.93. The fraction of sp³-hybridized carbons (Fsp3) is 0.462. The first-order chi connectivity index (χ1) is 16.6. The summed E-state index contributed by atoms with van der Waals surface area (Å²) in [6.45, 7) is 0.818. The van der Waals surface area contributed by atoms with E-state index in [2.05, 4.69) is 0 Å². The molecule has 4 nitrogen and oxygen atoms in total. The van der Waals surface area contributed by atoms with Gasteiger partial charge in [-0.15, -0.1) is 0 Å². The van der Waals surface area contributed by atoms with E-state index in [9.17, 15) is 18.4 Å². The molecule has 2 fully saturated rings. The Hall–Kier alpha value is -1.89. The first-order valence-electron chi connectivity index (χ1n) is 11.7. The van der Waals surface area contributed by atoms with Crippen molar-refractivity contribution < 1.29 is 18.4 Å². The topological polar surface area (TPSA) is 40.6 Å². The minimum absolute atomic E-state index is 0.0873. The fourth-order valence-electron chi connectivity index (χ4n) is 5.17. The van der Waals surface area contributed by atoms with E-state index in [0.717, 1.165) is 5.56 Å². The molecule has 2 atom stereocenters. The van der Waals surface area contributed by atoms with Crippen LogP contribution in [0.1, 0.15) is 53.9 Å². The normalized spacial score (nSPS) is 22.6. The Labute approximate surface area is 219 Å². The zero-order valence-corrected chi connectivity index (χ0v) is 21.6. The summed E-state index contributed by atoms with van der Waals surface area (Å²) in [5, 5.41) is 1.36. The number of rotatable bonds is 4. The number of likely N-dealkylation sites (N-methyl/N-ethyl adjacent to an activating group) is 1. The number of piperidine rings is 1. The number of nitrogens with zero attached hydrogens (tertiary/aromatic N) is 2. The van der Waals surface area contributed by atoms with Crippen LogP contribution in [0.15, 0.2) is 42.5 Å². The number of likely N-dealkylation sites (tertiary alicyclic amines) is 1. The molecule has 2 amide bonds. The third kappa shape index (κ3) is 5.92. The van der Waals surface area contributed by atoms with Crippen LogP contribution in [0.25, 0.3) is 0 Å². The molecule has 2 aliphatic rings. The molecule has 2 aromatic rings. The van der Waals surface area contributed by atoms with E-state index >= 15 is 0 Å². The van der Waals surface area contributed by atoms with Crippen LogP contribution < -0.4 is 0 Å². The second-order valence-corrected chi connectivity index (χ2v) is 10.7. The van der Waals surface area contributed by atoms with E-state index in [1.54, 1.807) is 53.2 Å². The average molecular weight is 544 g/mol. The maximum absolute atomic E-state index is 13.6. The molecule has 1 aliphatic heterocycles. The molecule has 0 bridgehead atoms. The average Bonchev–Trinajstić information content (AvgIpc) is 2.84. The van der Waals surface area contributed by atoms with Crippen molar-refractivity contribution in [3.8, 4) is 0 Å². The van der Waals surface area contributed by atoms with E-state index in [1.165, 1.54) is 0 Å². The van der Waals surface area contributed by atoms with Crippen molar-refractivity contribution in [3.63, 3.8) is 0 Å². The SMILES string of the molecule is CN(C(=O)c1ccc(Cl)cc1)[C@@H]1CCN(C(=O)C2CCC(F)(F)CC2)C[C@H]1c1ccc(Cl)c(Cl)c1. The molecule has 1 aliphatic carbocycles.